The van der Waals surface area contributed by atoms with Gasteiger partial charge in [-0.3, -0.25) is 9.13 Å². The SMILES string of the molecule is CCn1c(=O)n([C@@H]2CCN(S(=O)(=O)C3CC3)C2)c2ncccc21. The Hall–Kier alpha value is -1.67. The van der Waals surface area contributed by atoms with Crippen molar-refractivity contribution in [1.82, 2.24) is 18.4 Å². The van der Waals surface area contributed by atoms with Crippen LogP contribution in [-0.4, -0.2) is 45.2 Å². The molecule has 23 heavy (non-hydrogen) atoms. The largest absolute Gasteiger partial charge is 0.330 e. The van der Waals surface area contributed by atoms with Gasteiger partial charge in [-0.2, -0.15) is 4.31 Å². The van der Waals surface area contributed by atoms with Crippen LogP contribution in [0.15, 0.2) is 23.1 Å². The molecule has 0 radical (unpaired) electrons. The lowest BCUT2D eigenvalue weighted by Gasteiger charge is -2.16. The first-order chi connectivity index (χ1) is 11.0. The third-order valence-electron chi connectivity index (χ3n) is 4.84. The monoisotopic (exact) mass is 336 g/mol. The van der Waals surface area contributed by atoms with E-state index in [9.17, 15) is 13.2 Å². The zero-order chi connectivity index (χ0) is 16.2. The fourth-order valence-electron chi connectivity index (χ4n) is 3.47. The van der Waals surface area contributed by atoms with Crippen molar-refractivity contribution in [3.8, 4) is 0 Å². The smallest absolute Gasteiger partial charge is 0.291 e. The average Bonchev–Trinajstić information content (AvgIpc) is 3.22. The third-order valence-corrected chi connectivity index (χ3v) is 7.20. The van der Waals surface area contributed by atoms with E-state index >= 15 is 0 Å². The lowest BCUT2D eigenvalue weighted by atomic mass is 10.2. The van der Waals surface area contributed by atoms with Gasteiger partial charge in [0.1, 0.15) is 0 Å². The maximum Gasteiger partial charge on any atom is 0.330 e. The van der Waals surface area contributed by atoms with Gasteiger partial charge in [-0.1, -0.05) is 0 Å². The predicted octanol–water partition coefficient (Wildman–Crippen LogP) is 0.957. The Balaban J connectivity index is 1.73. The molecule has 1 aliphatic carbocycles. The number of sulfonamides is 1. The van der Waals surface area contributed by atoms with E-state index in [0.29, 0.717) is 31.7 Å². The van der Waals surface area contributed by atoms with Crippen LogP contribution in [0.3, 0.4) is 0 Å². The molecule has 0 amide bonds. The van der Waals surface area contributed by atoms with Gasteiger partial charge in [-0.05, 0) is 38.3 Å². The molecule has 3 heterocycles. The summed E-state index contributed by atoms with van der Waals surface area (Å²) in [4.78, 5) is 17.1. The summed E-state index contributed by atoms with van der Waals surface area (Å²) in [6.07, 6.45) is 3.86. The molecular weight excluding hydrogens is 316 g/mol. The van der Waals surface area contributed by atoms with Gasteiger partial charge >= 0.3 is 5.69 Å². The van der Waals surface area contributed by atoms with Crippen LogP contribution in [0.5, 0.6) is 0 Å². The topological polar surface area (TPSA) is 77.2 Å². The van der Waals surface area contributed by atoms with Gasteiger partial charge in [0.05, 0.1) is 16.8 Å². The molecule has 0 unspecified atom stereocenters. The molecule has 0 aromatic carbocycles. The van der Waals surface area contributed by atoms with E-state index in [2.05, 4.69) is 4.98 Å². The second kappa shape index (κ2) is 5.17. The number of aromatic nitrogens is 3. The molecule has 1 saturated heterocycles. The van der Waals surface area contributed by atoms with Crippen molar-refractivity contribution in [1.29, 1.82) is 0 Å². The van der Waals surface area contributed by atoms with Crippen molar-refractivity contribution in [3.05, 3.63) is 28.8 Å². The normalized spacial score (nSPS) is 22.9. The summed E-state index contributed by atoms with van der Waals surface area (Å²) in [5.74, 6) is 0. The highest BCUT2D eigenvalue weighted by atomic mass is 32.2. The molecule has 4 rings (SSSR count). The zero-order valence-electron chi connectivity index (χ0n) is 13.1. The molecule has 8 heteroatoms. The Bertz CT molecular complexity index is 910. The summed E-state index contributed by atoms with van der Waals surface area (Å²) in [5.41, 5.74) is 1.36. The Morgan fingerprint density at radius 3 is 2.78 bits per heavy atom. The number of hydrogen-bond donors (Lipinski definition) is 0. The molecular formula is C15H20N4O3S. The second-order valence-electron chi connectivity index (χ2n) is 6.29. The maximum absolute atomic E-state index is 12.7. The van der Waals surface area contributed by atoms with Crippen molar-refractivity contribution in [2.75, 3.05) is 13.1 Å². The molecule has 7 nitrogen and oxygen atoms in total. The minimum atomic E-state index is -3.18. The number of aryl methyl sites for hydroxylation is 1. The summed E-state index contributed by atoms with van der Waals surface area (Å²) >= 11 is 0. The molecule has 2 aromatic rings. The minimum Gasteiger partial charge on any atom is -0.291 e. The van der Waals surface area contributed by atoms with Gasteiger partial charge in [0.25, 0.3) is 0 Å². The quantitative estimate of drug-likeness (QED) is 0.833. The van der Waals surface area contributed by atoms with E-state index in [1.54, 1.807) is 19.6 Å². The molecule has 1 aliphatic heterocycles. The molecule has 2 aromatic heterocycles. The number of rotatable bonds is 4. The highest BCUT2D eigenvalue weighted by Gasteiger charge is 2.43. The number of pyridine rings is 1. The van der Waals surface area contributed by atoms with Gasteiger partial charge in [0.15, 0.2) is 5.65 Å². The Kier molecular flexibility index (Phi) is 3.35. The van der Waals surface area contributed by atoms with Crippen LogP contribution in [0.25, 0.3) is 11.2 Å². The molecule has 0 spiro atoms. The Morgan fingerprint density at radius 2 is 2.09 bits per heavy atom. The van der Waals surface area contributed by atoms with E-state index in [1.165, 1.54) is 0 Å². The molecule has 1 saturated carbocycles. The Morgan fingerprint density at radius 1 is 1.30 bits per heavy atom. The van der Waals surface area contributed by atoms with Crippen LogP contribution in [0.4, 0.5) is 0 Å². The molecule has 0 N–H and O–H groups in total. The van der Waals surface area contributed by atoms with E-state index in [0.717, 1.165) is 18.4 Å². The Labute approximate surface area is 134 Å². The first-order valence-corrected chi connectivity index (χ1v) is 9.59. The predicted molar refractivity (Wildman–Crippen MR) is 86.8 cm³/mol. The molecule has 2 aliphatic rings. The molecule has 2 fully saturated rings. The third kappa shape index (κ3) is 2.23. The van der Waals surface area contributed by atoms with Gasteiger partial charge in [-0.25, -0.2) is 18.2 Å². The number of nitrogens with zero attached hydrogens (tertiary/aromatic N) is 4. The van der Waals surface area contributed by atoms with Crippen LogP contribution in [-0.2, 0) is 16.6 Å². The summed E-state index contributed by atoms with van der Waals surface area (Å²) in [6.45, 7) is 3.36. The van der Waals surface area contributed by atoms with E-state index in [-0.39, 0.29) is 17.0 Å². The van der Waals surface area contributed by atoms with Crippen LogP contribution in [0, 0.1) is 0 Å². The lowest BCUT2D eigenvalue weighted by molar-refractivity contribution is 0.447. The van der Waals surface area contributed by atoms with Crippen LogP contribution < -0.4 is 5.69 Å². The summed E-state index contributed by atoms with van der Waals surface area (Å²) in [6, 6.07) is 3.56. The van der Waals surface area contributed by atoms with E-state index in [1.807, 2.05) is 19.1 Å². The molecule has 1 atom stereocenters. The first kappa shape index (κ1) is 14.9. The standard InChI is InChI=1S/C15H20N4O3S/c1-2-18-13-4-3-8-16-14(13)19(15(18)20)11-7-9-17(10-11)23(21,22)12-5-6-12/h3-4,8,11-12H,2,5-7,9-10H2,1H3/t11-/m1/s1. The van der Waals surface area contributed by atoms with Gasteiger partial charge in [-0.15, -0.1) is 0 Å². The van der Waals surface area contributed by atoms with Crippen molar-refractivity contribution in [2.45, 2.75) is 44.0 Å². The average molecular weight is 336 g/mol. The molecule has 0 bridgehead atoms. The van der Waals surface area contributed by atoms with Crippen molar-refractivity contribution in [2.24, 2.45) is 0 Å². The number of imidazole rings is 1. The van der Waals surface area contributed by atoms with Gasteiger partial charge in [0, 0.05) is 25.8 Å². The van der Waals surface area contributed by atoms with E-state index < -0.39 is 10.0 Å². The minimum absolute atomic E-state index is 0.100. The lowest BCUT2D eigenvalue weighted by Crippen LogP contribution is -2.34. The summed E-state index contributed by atoms with van der Waals surface area (Å²) < 4.78 is 29.7. The summed E-state index contributed by atoms with van der Waals surface area (Å²) in [7, 11) is -3.18. The summed E-state index contributed by atoms with van der Waals surface area (Å²) in [5, 5.41) is -0.201. The maximum atomic E-state index is 12.7. The van der Waals surface area contributed by atoms with Crippen LogP contribution in [0.2, 0.25) is 0 Å². The zero-order valence-corrected chi connectivity index (χ0v) is 13.9. The number of hydrogen-bond acceptors (Lipinski definition) is 4. The van der Waals surface area contributed by atoms with Gasteiger partial charge in [0.2, 0.25) is 10.0 Å². The van der Waals surface area contributed by atoms with E-state index in [4.69, 9.17) is 0 Å². The highest BCUT2D eigenvalue weighted by Crippen LogP contribution is 2.35. The second-order valence-corrected chi connectivity index (χ2v) is 8.50. The van der Waals surface area contributed by atoms with Crippen molar-refractivity contribution >= 4 is 21.2 Å². The fourth-order valence-corrected chi connectivity index (χ4v) is 5.37. The van der Waals surface area contributed by atoms with Gasteiger partial charge < -0.3 is 0 Å². The van der Waals surface area contributed by atoms with Crippen LogP contribution in [0.1, 0.15) is 32.2 Å². The highest BCUT2D eigenvalue weighted by molar-refractivity contribution is 7.90. The number of fused-ring (bicyclic) bond motifs is 1. The fraction of sp³-hybridized carbons (Fsp3) is 0.600. The van der Waals surface area contributed by atoms with Crippen LogP contribution >= 0.6 is 0 Å². The van der Waals surface area contributed by atoms with Crippen molar-refractivity contribution < 1.29 is 8.42 Å². The molecule has 124 valence electrons. The van der Waals surface area contributed by atoms with Crippen molar-refractivity contribution in [3.63, 3.8) is 0 Å². The first-order valence-electron chi connectivity index (χ1n) is 8.08.